The predicted octanol–water partition coefficient (Wildman–Crippen LogP) is 0.452. The summed E-state index contributed by atoms with van der Waals surface area (Å²) in [5, 5.41) is 0. The number of methoxy groups -OCH3 is 1. The van der Waals surface area contributed by atoms with Crippen LogP contribution in [0.1, 0.15) is 6.42 Å². The SMILES string of the molecule is COC(=O)C1CCN(S(=O)(=O)c2cccc(N)c2)C1. The molecule has 1 aromatic rings. The van der Waals surface area contributed by atoms with Crippen molar-refractivity contribution in [3.8, 4) is 0 Å². The van der Waals surface area contributed by atoms with E-state index in [1.54, 1.807) is 12.1 Å². The highest BCUT2D eigenvalue weighted by Crippen LogP contribution is 2.25. The zero-order valence-corrected chi connectivity index (χ0v) is 11.4. The third kappa shape index (κ3) is 2.71. The van der Waals surface area contributed by atoms with E-state index in [1.165, 1.54) is 23.5 Å². The standard InChI is InChI=1S/C12H16N2O4S/c1-18-12(15)9-5-6-14(8-9)19(16,17)11-4-2-3-10(13)7-11/h2-4,7,9H,5-6,8,13H2,1H3. The molecule has 1 heterocycles. The molecule has 0 bridgehead atoms. The second kappa shape index (κ2) is 5.18. The van der Waals surface area contributed by atoms with Gasteiger partial charge in [-0.05, 0) is 24.6 Å². The largest absolute Gasteiger partial charge is 0.469 e. The molecule has 1 aromatic carbocycles. The highest BCUT2D eigenvalue weighted by Gasteiger charge is 2.36. The van der Waals surface area contributed by atoms with Crippen molar-refractivity contribution in [3.63, 3.8) is 0 Å². The molecule has 19 heavy (non-hydrogen) atoms. The molecule has 0 amide bonds. The van der Waals surface area contributed by atoms with Crippen molar-refractivity contribution in [2.75, 3.05) is 25.9 Å². The predicted molar refractivity (Wildman–Crippen MR) is 69.7 cm³/mol. The van der Waals surface area contributed by atoms with Crippen LogP contribution < -0.4 is 5.73 Å². The summed E-state index contributed by atoms with van der Waals surface area (Å²) in [5.74, 6) is -0.758. The fraction of sp³-hybridized carbons (Fsp3) is 0.417. The molecule has 2 rings (SSSR count). The Morgan fingerprint density at radius 2 is 2.21 bits per heavy atom. The van der Waals surface area contributed by atoms with Crippen LogP contribution in [0, 0.1) is 5.92 Å². The third-order valence-corrected chi connectivity index (χ3v) is 5.04. The second-order valence-electron chi connectivity index (χ2n) is 4.44. The summed E-state index contributed by atoms with van der Waals surface area (Å²) in [6.45, 7) is 0.473. The van der Waals surface area contributed by atoms with Gasteiger partial charge in [0.1, 0.15) is 0 Å². The molecule has 7 heteroatoms. The number of rotatable bonds is 3. The Morgan fingerprint density at radius 1 is 1.47 bits per heavy atom. The van der Waals surface area contributed by atoms with Gasteiger partial charge in [0.2, 0.25) is 10.0 Å². The molecule has 104 valence electrons. The molecule has 1 atom stereocenters. The molecule has 6 nitrogen and oxygen atoms in total. The molecule has 0 aromatic heterocycles. The van der Waals surface area contributed by atoms with Gasteiger partial charge in [-0.2, -0.15) is 4.31 Å². The highest BCUT2D eigenvalue weighted by molar-refractivity contribution is 7.89. The Morgan fingerprint density at radius 3 is 2.84 bits per heavy atom. The van der Waals surface area contributed by atoms with E-state index in [0.29, 0.717) is 18.7 Å². The number of nitrogens with two attached hydrogens (primary N) is 1. The smallest absolute Gasteiger partial charge is 0.310 e. The van der Waals surface area contributed by atoms with Crippen LogP contribution in [0.2, 0.25) is 0 Å². The van der Waals surface area contributed by atoms with E-state index < -0.39 is 10.0 Å². The van der Waals surface area contributed by atoms with Crippen LogP contribution >= 0.6 is 0 Å². The van der Waals surface area contributed by atoms with Crippen molar-refractivity contribution in [3.05, 3.63) is 24.3 Å². The van der Waals surface area contributed by atoms with E-state index in [-0.39, 0.29) is 23.3 Å². The first kappa shape index (κ1) is 13.8. The Balaban J connectivity index is 2.21. The van der Waals surface area contributed by atoms with Crippen LogP contribution in [0.3, 0.4) is 0 Å². The summed E-state index contributed by atoms with van der Waals surface area (Å²) in [7, 11) is -2.29. The average Bonchev–Trinajstić information content (AvgIpc) is 2.88. The second-order valence-corrected chi connectivity index (χ2v) is 6.38. The van der Waals surface area contributed by atoms with Gasteiger partial charge in [0, 0.05) is 18.8 Å². The molecule has 2 N–H and O–H groups in total. The Hall–Kier alpha value is -1.60. The lowest BCUT2D eigenvalue weighted by Gasteiger charge is -2.16. The first-order valence-corrected chi connectivity index (χ1v) is 7.32. The minimum atomic E-state index is -3.59. The minimum absolute atomic E-state index is 0.151. The molecule has 0 saturated carbocycles. The topological polar surface area (TPSA) is 89.7 Å². The van der Waals surface area contributed by atoms with E-state index in [2.05, 4.69) is 4.74 Å². The lowest BCUT2D eigenvalue weighted by molar-refractivity contribution is -0.144. The maximum atomic E-state index is 12.4. The number of esters is 1. The molecule has 1 fully saturated rings. The Bertz CT molecular complexity index is 585. The number of sulfonamides is 1. The minimum Gasteiger partial charge on any atom is -0.469 e. The number of anilines is 1. The maximum absolute atomic E-state index is 12.4. The molecular weight excluding hydrogens is 268 g/mol. The van der Waals surface area contributed by atoms with E-state index in [9.17, 15) is 13.2 Å². The molecule has 0 radical (unpaired) electrons. The molecule has 0 aliphatic carbocycles. The number of ether oxygens (including phenoxy) is 1. The number of benzene rings is 1. The maximum Gasteiger partial charge on any atom is 0.310 e. The fourth-order valence-electron chi connectivity index (χ4n) is 2.13. The summed E-state index contributed by atoms with van der Waals surface area (Å²) in [6, 6.07) is 6.13. The van der Waals surface area contributed by atoms with E-state index in [0.717, 1.165) is 0 Å². The van der Waals surface area contributed by atoms with Gasteiger partial charge in [0.05, 0.1) is 17.9 Å². The molecule has 1 aliphatic rings. The zero-order chi connectivity index (χ0) is 14.0. The first-order chi connectivity index (χ1) is 8.95. The monoisotopic (exact) mass is 284 g/mol. The summed E-state index contributed by atoms with van der Waals surface area (Å²) in [5.41, 5.74) is 5.99. The molecule has 1 aliphatic heterocycles. The Kier molecular flexibility index (Phi) is 3.77. The van der Waals surface area contributed by atoms with Crippen LogP contribution in [0.15, 0.2) is 29.2 Å². The van der Waals surface area contributed by atoms with Gasteiger partial charge in [-0.3, -0.25) is 4.79 Å². The van der Waals surface area contributed by atoms with Crippen molar-refractivity contribution < 1.29 is 17.9 Å². The van der Waals surface area contributed by atoms with Crippen LogP contribution in [0.4, 0.5) is 5.69 Å². The van der Waals surface area contributed by atoms with Crippen molar-refractivity contribution >= 4 is 21.7 Å². The summed E-state index contributed by atoms with van der Waals surface area (Å²) in [6.07, 6.45) is 0.480. The summed E-state index contributed by atoms with van der Waals surface area (Å²) in [4.78, 5) is 11.6. The molecule has 1 saturated heterocycles. The number of nitrogen functional groups attached to an aromatic ring is 1. The van der Waals surface area contributed by atoms with Crippen molar-refractivity contribution in [1.29, 1.82) is 0 Å². The van der Waals surface area contributed by atoms with Gasteiger partial charge in [-0.15, -0.1) is 0 Å². The van der Waals surface area contributed by atoms with Crippen LogP contribution in [0.25, 0.3) is 0 Å². The summed E-state index contributed by atoms with van der Waals surface area (Å²) < 4.78 is 30.7. The van der Waals surface area contributed by atoms with Gasteiger partial charge >= 0.3 is 5.97 Å². The normalized spacial score (nSPS) is 20.4. The molecule has 0 spiro atoms. The van der Waals surface area contributed by atoms with Gasteiger partial charge in [0.25, 0.3) is 0 Å². The van der Waals surface area contributed by atoms with Gasteiger partial charge in [-0.1, -0.05) is 6.07 Å². The van der Waals surface area contributed by atoms with Crippen molar-refractivity contribution in [1.82, 2.24) is 4.31 Å². The van der Waals surface area contributed by atoms with E-state index >= 15 is 0 Å². The lowest BCUT2D eigenvalue weighted by atomic mass is 10.1. The number of hydrogen-bond acceptors (Lipinski definition) is 5. The zero-order valence-electron chi connectivity index (χ0n) is 10.6. The number of nitrogens with zero attached hydrogens (tertiary/aromatic N) is 1. The lowest BCUT2D eigenvalue weighted by Crippen LogP contribution is -2.30. The molecule has 1 unspecified atom stereocenters. The van der Waals surface area contributed by atoms with E-state index in [4.69, 9.17) is 5.73 Å². The van der Waals surface area contributed by atoms with Crippen molar-refractivity contribution in [2.24, 2.45) is 5.92 Å². The van der Waals surface area contributed by atoms with Gasteiger partial charge in [0.15, 0.2) is 0 Å². The highest BCUT2D eigenvalue weighted by atomic mass is 32.2. The average molecular weight is 284 g/mol. The first-order valence-electron chi connectivity index (χ1n) is 5.88. The molecular formula is C12H16N2O4S. The van der Waals surface area contributed by atoms with Crippen LogP contribution in [-0.4, -0.2) is 38.9 Å². The van der Waals surface area contributed by atoms with E-state index in [1.807, 2.05) is 0 Å². The number of carbonyl (C=O) groups is 1. The van der Waals surface area contributed by atoms with Crippen molar-refractivity contribution in [2.45, 2.75) is 11.3 Å². The van der Waals surface area contributed by atoms with Gasteiger partial charge in [-0.25, -0.2) is 8.42 Å². The van der Waals surface area contributed by atoms with Crippen LogP contribution in [-0.2, 0) is 19.6 Å². The quantitative estimate of drug-likeness (QED) is 0.643. The summed E-state index contributed by atoms with van der Waals surface area (Å²) >= 11 is 0. The van der Waals surface area contributed by atoms with Crippen LogP contribution in [0.5, 0.6) is 0 Å². The fourth-order valence-corrected chi connectivity index (χ4v) is 3.69. The van der Waals surface area contributed by atoms with Gasteiger partial charge < -0.3 is 10.5 Å². The third-order valence-electron chi connectivity index (χ3n) is 3.18. The number of carbonyl (C=O) groups excluding carboxylic acids is 1. The number of hydrogen-bond donors (Lipinski definition) is 1. The Labute approximate surface area is 112 Å².